The van der Waals surface area contributed by atoms with Crippen molar-refractivity contribution in [2.75, 3.05) is 26.7 Å². The molecule has 1 aromatic rings. The van der Waals surface area contributed by atoms with Crippen LogP contribution in [0.2, 0.25) is 0 Å². The van der Waals surface area contributed by atoms with Crippen LogP contribution in [0.3, 0.4) is 0 Å². The number of hydrogen-bond acceptors (Lipinski definition) is 5. The molecule has 3 fully saturated rings. The van der Waals surface area contributed by atoms with Crippen molar-refractivity contribution in [2.45, 2.75) is 73.1 Å². The molecular formula is C31H39N3O4S. The third-order valence-corrected chi connectivity index (χ3v) is 11.5. The molecule has 6 atom stereocenters. The highest BCUT2D eigenvalue weighted by Crippen LogP contribution is 2.65. The summed E-state index contributed by atoms with van der Waals surface area (Å²) in [5.74, 6) is -1.53. The summed E-state index contributed by atoms with van der Waals surface area (Å²) < 4.78 is -1.48. The van der Waals surface area contributed by atoms with Crippen molar-refractivity contribution >= 4 is 29.5 Å². The summed E-state index contributed by atoms with van der Waals surface area (Å²) in [4.78, 5) is 48.6. The van der Waals surface area contributed by atoms with Crippen molar-refractivity contribution in [1.29, 1.82) is 0 Å². The second-order valence-corrected chi connectivity index (χ2v) is 13.9. The van der Waals surface area contributed by atoms with Crippen LogP contribution >= 0.6 is 11.8 Å². The van der Waals surface area contributed by atoms with Gasteiger partial charge in [0.1, 0.15) is 6.04 Å². The lowest BCUT2D eigenvalue weighted by Gasteiger charge is -2.42. The Hall–Kier alpha value is -2.58. The van der Waals surface area contributed by atoms with E-state index >= 15 is 0 Å². The van der Waals surface area contributed by atoms with Crippen LogP contribution in [0.25, 0.3) is 0 Å². The molecule has 0 radical (unpaired) electrons. The van der Waals surface area contributed by atoms with Crippen molar-refractivity contribution in [1.82, 2.24) is 14.7 Å². The molecule has 1 unspecified atom stereocenters. The number of aliphatic hydroxyl groups excluding tert-OH is 1. The fourth-order valence-electron chi connectivity index (χ4n) is 7.85. The van der Waals surface area contributed by atoms with E-state index < -0.39 is 33.4 Å². The Morgan fingerprint density at radius 2 is 1.67 bits per heavy atom. The van der Waals surface area contributed by atoms with Crippen LogP contribution in [0.1, 0.15) is 44.6 Å². The van der Waals surface area contributed by atoms with Gasteiger partial charge in [0.05, 0.1) is 29.2 Å². The predicted molar refractivity (Wildman–Crippen MR) is 152 cm³/mol. The molecule has 2 saturated heterocycles. The maximum absolute atomic E-state index is 14.7. The van der Waals surface area contributed by atoms with Crippen molar-refractivity contribution in [3.05, 3.63) is 60.2 Å². The minimum Gasteiger partial charge on any atom is -0.394 e. The molecule has 0 bridgehead atoms. The summed E-state index contributed by atoms with van der Waals surface area (Å²) in [6, 6.07) is 8.65. The van der Waals surface area contributed by atoms with E-state index in [1.54, 1.807) is 28.6 Å². The lowest BCUT2D eigenvalue weighted by atomic mass is 9.74. The normalized spacial score (nSPS) is 35.5. The number of aliphatic hydroxyl groups is 1. The van der Waals surface area contributed by atoms with Gasteiger partial charge < -0.3 is 19.8 Å². The fourth-order valence-corrected chi connectivity index (χ4v) is 10.00. The number of likely N-dealkylation sites (N-methyl/N-ethyl adjacent to an activating group) is 1. The predicted octanol–water partition coefficient (Wildman–Crippen LogP) is 3.04. The second-order valence-electron chi connectivity index (χ2n) is 12.1. The molecule has 0 aromatic heterocycles. The molecular weight excluding hydrogens is 510 g/mol. The van der Waals surface area contributed by atoms with Gasteiger partial charge in [-0.3, -0.25) is 14.4 Å². The van der Waals surface area contributed by atoms with Crippen LogP contribution in [0.5, 0.6) is 0 Å². The van der Waals surface area contributed by atoms with Crippen LogP contribution in [0.15, 0.2) is 54.6 Å². The highest BCUT2D eigenvalue weighted by atomic mass is 32.2. The van der Waals surface area contributed by atoms with Gasteiger partial charge >= 0.3 is 0 Å². The first-order chi connectivity index (χ1) is 18.8. The van der Waals surface area contributed by atoms with E-state index in [4.69, 9.17) is 0 Å². The third-order valence-electron chi connectivity index (χ3n) is 9.66. The molecule has 1 spiro atoms. The average molecular weight is 550 g/mol. The zero-order valence-corrected chi connectivity index (χ0v) is 23.7. The van der Waals surface area contributed by atoms with E-state index in [1.165, 1.54) is 6.42 Å². The van der Waals surface area contributed by atoms with E-state index in [0.717, 1.165) is 31.2 Å². The van der Waals surface area contributed by atoms with Gasteiger partial charge in [-0.25, -0.2) is 0 Å². The SMILES string of the molecule is CN1CC=C[C@]2(C)S[C@]34C=CCN(C5CCCCC5)C(=O)C3N([C@@H](CO)Cc3ccccc3)C(=O)[C@@H]4[C@@H]2C1=O. The third kappa shape index (κ3) is 4.17. The van der Waals surface area contributed by atoms with Gasteiger partial charge in [0, 0.05) is 30.9 Å². The Balaban J connectivity index is 1.47. The van der Waals surface area contributed by atoms with Gasteiger partial charge in [0.2, 0.25) is 17.7 Å². The zero-order valence-electron chi connectivity index (χ0n) is 22.9. The van der Waals surface area contributed by atoms with Gasteiger partial charge in [-0.2, -0.15) is 0 Å². The lowest BCUT2D eigenvalue weighted by Crippen LogP contribution is -2.58. The summed E-state index contributed by atoms with van der Waals surface area (Å²) in [7, 11) is 1.79. The van der Waals surface area contributed by atoms with Crippen LogP contribution in [0.4, 0.5) is 0 Å². The van der Waals surface area contributed by atoms with E-state index in [0.29, 0.717) is 19.5 Å². The summed E-state index contributed by atoms with van der Waals surface area (Å²) in [5, 5.41) is 10.7. The summed E-state index contributed by atoms with van der Waals surface area (Å²) >= 11 is 1.61. The first-order valence-corrected chi connectivity index (χ1v) is 15.2. The number of thioether (sulfide) groups is 1. The summed E-state index contributed by atoms with van der Waals surface area (Å²) in [5.41, 5.74) is 1.00. The number of likely N-dealkylation sites (tertiary alicyclic amines) is 1. The molecule has 1 N–H and O–H groups in total. The molecule has 3 amide bonds. The molecule has 1 saturated carbocycles. The quantitative estimate of drug-likeness (QED) is 0.571. The van der Waals surface area contributed by atoms with Crippen molar-refractivity contribution < 1.29 is 19.5 Å². The molecule has 8 heteroatoms. The standard InChI is InChI=1S/C31H39N3O4S/c1-30-15-9-17-32(2)27(36)24(30)25-28(37)34(23(20-35)19-21-11-5-3-6-12-21)26-29(38)33(22-13-7-4-8-14-22)18-10-16-31(25,26)39-30/h3,5-6,9-12,15-16,22-26,35H,4,7-8,13-14,17-20H2,1-2H3/t23-,24-,25+,26?,30+,31+/m1/s1. The van der Waals surface area contributed by atoms with E-state index in [1.807, 2.05) is 48.2 Å². The lowest BCUT2D eigenvalue weighted by molar-refractivity contribution is -0.148. The molecule has 5 aliphatic rings. The van der Waals surface area contributed by atoms with Gasteiger partial charge in [0.25, 0.3) is 0 Å². The average Bonchev–Trinajstić information content (AvgIpc) is 3.22. The molecule has 4 aliphatic heterocycles. The van der Waals surface area contributed by atoms with Crippen LogP contribution in [0, 0.1) is 11.8 Å². The van der Waals surface area contributed by atoms with Crippen LogP contribution in [-0.2, 0) is 20.8 Å². The Kier molecular flexibility index (Phi) is 6.91. The number of carbonyl (C=O) groups is 3. The largest absolute Gasteiger partial charge is 0.394 e. The number of amides is 3. The van der Waals surface area contributed by atoms with E-state index in [9.17, 15) is 19.5 Å². The Morgan fingerprint density at radius 1 is 0.949 bits per heavy atom. The second kappa shape index (κ2) is 10.1. The highest BCUT2D eigenvalue weighted by Gasteiger charge is 2.74. The van der Waals surface area contributed by atoms with Gasteiger partial charge in [-0.1, -0.05) is 73.9 Å². The number of rotatable bonds is 5. The van der Waals surface area contributed by atoms with Gasteiger partial charge in [-0.15, -0.1) is 11.8 Å². The molecule has 39 heavy (non-hydrogen) atoms. The van der Waals surface area contributed by atoms with Gasteiger partial charge in [0.15, 0.2) is 0 Å². The monoisotopic (exact) mass is 549 g/mol. The minimum absolute atomic E-state index is 0.0356. The van der Waals surface area contributed by atoms with Crippen molar-refractivity contribution in [2.24, 2.45) is 11.8 Å². The number of fused-ring (bicyclic) bond motifs is 2. The molecule has 1 aliphatic carbocycles. The smallest absolute Gasteiger partial charge is 0.247 e. The molecule has 4 heterocycles. The maximum Gasteiger partial charge on any atom is 0.247 e. The first-order valence-electron chi connectivity index (χ1n) is 14.4. The summed E-state index contributed by atoms with van der Waals surface area (Å²) in [6.45, 7) is 2.82. The fraction of sp³-hybridized carbons (Fsp3) is 0.581. The number of hydrogen-bond donors (Lipinski definition) is 1. The Labute approximate surface area is 235 Å². The molecule has 6 rings (SSSR count). The maximum atomic E-state index is 14.7. The molecule has 208 valence electrons. The van der Waals surface area contributed by atoms with E-state index in [2.05, 4.69) is 18.2 Å². The topological polar surface area (TPSA) is 81.2 Å². The minimum atomic E-state index is -0.876. The summed E-state index contributed by atoms with van der Waals surface area (Å²) in [6.07, 6.45) is 14.1. The Bertz CT molecular complexity index is 1200. The van der Waals surface area contributed by atoms with Crippen LogP contribution in [-0.4, -0.2) is 91.9 Å². The number of carbonyl (C=O) groups excluding carboxylic acids is 3. The van der Waals surface area contributed by atoms with Crippen LogP contribution < -0.4 is 0 Å². The zero-order chi connectivity index (χ0) is 27.4. The molecule has 1 aromatic carbocycles. The van der Waals surface area contributed by atoms with E-state index in [-0.39, 0.29) is 30.4 Å². The first kappa shape index (κ1) is 26.6. The van der Waals surface area contributed by atoms with Gasteiger partial charge in [-0.05, 0) is 31.7 Å². The highest BCUT2D eigenvalue weighted by molar-refractivity contribution is 8.02. The van der Waals surface area contributed by atoms with Crippen molar-refractivity contribution in [3.8, 4) is 0 Å². The molecule has 7 nitrogen and oxygen atoms in total. The van der Waals surface area contributed by atoms with Crippen molar-refractivity contribution in [3.63, 3.8) is 0 Å². The Morgan fingerprint density at radius 3 is 2.38 bits per heavy atom. The number of nitrogens with zero attached hydrogens (tertiary/aromatic N) is 3. The number of benzene rings is 1.